The maximum absolute atomic E-state index is 11.5. The number of benzene rings is 1. The molecular weight excluding hydrogens is 204 g/mol. The highest BCUT2D eigenvalue weighted by atomic mass is 16.5. The zero-order chi connectivity index (χ0) is 12.0. The van der Waals surface area contributed by atoms with Gasteiger partial charge in [-0.15, -0.1) is 0 Å². The number of ether oxygens (including phenoxy) is 1. The van der Waals surface area contributed by atoms with Crippen molar-refractivity contribution in [3.63, 3.8) is 0 Å². The Balaban J connectivity index is 2.39. The predicted molar refractivity (Wildman–Crippen MR) is 62.5 cm³/mol. The minimum Gasteiger partial charge on any atom is -0.507 e. The number of hydrogen-bond donors (Lipinski definition) is 1. The summed E-state index contributed by atoms with van der Waals surface area (Å²) >= 11 is 0. The van der Waals surface area contributed by atoms with Gasteiger partial charge in [-0.3, -0.25) is 0 Å². The average molecular weight is 222 g/mol. The molecule has 1 aromatic rings. The largest absolute Gasteiger partial charge is 0.507 e. The lowest BCUT2D eigenvalue weighted by atomic mass is 10.1. The van der Waals surface area contributed by atoms with Crippen LogP contribution in [0.15, 0.2) is 24.3 Å². The van der Waals surface area contributed by atoms with Gasteiger partial charge in [-0.25, -0.2) is 4.79 Å². The third-order valence-electron chi connectivity index (χ3n) is 2.28. The Hall–Kier alpha value is -1.51. The van der Waals surface area contributed by atoms with Crippen molar-refractivity contribution in [1.82, 2.24) is 0 Å². The molecule has 88 valence electrons. The van der Waals surface area contributed by atoms with Crippen LogP contribution >= 0.6 is 0 Å². The molecule has 0 amide bonds. The Kier molecular flexibility index (Phi) is 4.83. The Morgan fingerprint density at radius 3 is 2.69 bits per heavy atom. The van der Waals surface area contributed by atoms with E-state index in [1.54, 1.807) is 18.2 Å². The molecule has 0 aliphatic carbocycles. The first kappa shape index (κ1) is 12.6. The van der Waals surface area contributed by atoms with Crippen LogP contribution in [0.3, 0.4) is 0 Å². The number of aromatic hydroxyl groups is 1. The third-order valence-corrected chi connectivity index (χ3v) is 2.28. The number of carbonyl (C=O) groups is 1. The second-order valence-corrected chi connectivity index (χ2v) is 4.19. The van der Waals surface area contributed by atoms with E-state index in [4.69, 9.17) is 4.74 Å². The van der Waals surface area contributed by atoms with Crippen LogP contribution in [0.1, 0.15) is 37.0 Å². The van der Waals surface area contributed by atoms with E-state index in [2.05, 4.69) is 13.8 Å². The summed E-state index contributed by atoms with van der Waals surface area (Å²) in [7, 11) is 0. The number of rotatable bonds is 5. The van der Waals surface area contributed by atoms with Gasteiger partial charge in [0.2, 0.25) is 0 Å². The number of phenolic OH excluding ortho intramolecular Hbond substituents is 1. The van der Waals surface area contributed by atoms with Crippen LogP contribution in [0, 0.1) is 5.92 Å². The van der Waals surface area contributed by atoms with E-state index in [0.717, 1.165) is 12.8 Å². The normalized spacial score (nSPS) is 10.4. The van der Waals surface area contributed by atoms with Crippen molar-refractivity contribution in [1.29, 1.82) is 0 Å². The molecule has 0 heterocycles. The van der Waals surface area contributed by atoms with Gasteiger partial charge >= 0.3 is 5.97 Å². The quantitative estimate of drug-likeness (QED) is 0.615. The van der Waals surface area contributed by atoms with E-state index in [9.17, 15) is 9.90 Å². The first-order valence-electron chi connectivity index (χ1n) is 5.56. The maximum atomic E-state index is 11.5. The summed E-state index contributed by atoms with van der Waals surface area (Å²) in [5.41, 5.74) is 0.229. The minimum absolute atomic E-state index is 0.0311. The molecular formula is C13H18O3. The van der Waals surface area contributed by atoms with E-state index in [0.29, 0.717) is 12.5 Å². The lowest BCUT2D eigenvalue weighted by molar-refractivity contribution is 0.0491. The van der Waals surface area contributed by atoms with Crippen molar-refractivity contribution in [3.8, 4) is 5.75 Å². The summed E-state index contributed by atoms with van der Waals surface area (Å²) in [5, 5.41) is 9.42. The third kappa shape index (κ3) is 3.93. The van der Waals surface area contributed by atoms with Gasteiger partial charge in [0.1, 0.15) is 11.3 Å². The molecule has 3 heteroatoms. The molecule has 0 aliphatic heterocycles. The summed E-state index contributed by atoms with van der Waals surface area (Å²) in [5.74, 6) is 0.127. The van der Waals surface area contributed by atoms with E-state index in [1.165, 1.54) is 6.07 Å². The first-order chi connectivity index (χ1) is 7.61. The highest BCUT2D eigenvalue weighted by Gasteiger charge is 2.10. The average Bonchev–Trinajstić information content (AvgIpc) is 2.24. The van der Waals surface area contributed by atoms with Crippen LogP contribution < -0.4 is 0 Å². The lowest BCUT2D eigenvalue weighted by Crippen LogP contribution is -2.07. The summed E-state index contributed by atoms with van der Waals surface area (Å²) < 4.78 is 5.06. The Morgan fingerprint density at radius 2 is 2.06 bits per heavy atom. The molecule has 0 aromatic heterocycles. The molecule has 1 aromatic carbocycles. The molecule has 16 heavy (non-hydrogen) atoms. The van der Waals surface area contributed by atoms with Crippen molar-refractivity contribution < 1.29 is 14.6 Å². The molecule has 0 aliphatic rings. The van der Waals surface area contributed by atoms with Gasteiger partial charge in [0.25, 0.3) is 0 Å². The zero-order valence-corrected chi connectivity index (χ0v) is 9.77. The Labute approximate surface area is 96.1 Å². The fraction of sp³-hybridized carbons (Fsp3) is 0.462. The van der Waals surface area contributed by atoms with Gasteiger partial charge in [-0.05, 0) is 30.9 Å². The summed E-state index contributed by atoms with van der Waals surface area (Å²) in [6.07, 6.45) is 1.89. The minimum atomic E-state index is -0.457. The van der Waals surface area contributed by atoms with Gasteiger partial charge in [0.15, 0.2) is 0 Å². The zero-order valence-electron chi connectivity index (χ0n) is 9.77. The summed E-state index contributed by atoms with van der Waals surface area (Å²) in [6.45, 7) is 4.67. The topological polar surface area (TPSA) is 46.5 Å². The van der Waals surface area contributed by atoms with Gasteiger partial charge < -0.3 is 9.84 Å². The number of para-hydroxylation sites is 1. The summed E-state index contributed by atoms with van der Waals surface area (Å²) in [4.78, 5) is 11.5. The standard InChI is InChI=1S/C13H18O3/c1-10(2)6-5-9-16-13(15)11-7-3-4-8-12(11)14/h3-4,7-8,10,14H,5-6,9H2,1-2H3. The van der Waals surface area contributed by atoms with E-state index < -0.39 is 5.97 Å². The molecule has 1 rings (SSSR count). The molecule has 1 N–H and O–H groups in total. The van der Waals surface area contributed by atoms with Crippen LogP contribution in [-0.4, -0.2) is 17.7 Å². The number of phenols is 1. The molecule has 0 spiro atoms. The molecule has 0 unspecified atom stereocenters. The maximum Gasteiger partial charge on any atom is 0.341 e. The van der Waals surface area contributed by atoms with Crippen LogP contribution in [0.2, 0.25) is 0 Å². The highest BCUT2D eigenvalue weighted by Crippen LogP contribution is 2.16. The van der Waals surface area contributed by atoms with Crippen LogP contribution in [0.25, 0.3) is 0 Å². The van der Waals surface area contributed by atoms with Crippen molar-refractivity contribution in [3.05, 3.63) is 29.8 Å². The molecule has 3 nitrogen and oxygen atoms in total. The van der Waals surface area contributed by atoms with Crippen molar-refractivity contribution in [2.75, 3.05) is 6.61 Å². The first-order valence-corrected chi connectivity index (χ1v) is 5.56. The van der Waals surface area contributed by atoms with E-state index in [1.807, 2.05) is 0 Å². The molecule has 0 saturated carbocycles. The van der Waals surface area contributed by atoms with Crippen molar-refractivity contribution in [2.24, 2.45) is 5.92 Å². The van der Waals surface area contributed by atoms with Crippen LogP contribution in [-0.2, 0) is 4.74 Å². The van der Waals surface area contributed by atoms with Gasteiger partial charge in [-0.2, -0.15) is 0 Å². The fourth-order valence-corrected chi connectivity index (χ4v) is 1.38. The Morgan fingerprint density at radius 1 is 1.38 bits per heavy atom. The molecule has 0 bridgehead atoms. The van der Waals surface area contributed by atoms with Crippen LogP contribution in [0.5, 0.6) is 5.75 Å². The molecule has 0 radical (unpaired) electrons. The SMILES string of the molecule is CC(C)CCCOC(=O)c1ccccc1O. The molecule has 0 fully saturated rings. The summed E-state index contributed by atoms with van der Waals surface area (Å²) in [6, 6.07) is 6.40. The smallest absolute Gasteiger partial charge is 0.341 e. The van der Waals surface area contributed by atoms with E-state index >= 15 is 0 Å². The number of carbonyl (C=O) groups excluding carboxylic acids is 1. The molecule has 0 saturated heterocycles. The van der Waals surface area contributed by atoms with Gasteiger partial charge in [-0.1, -0.05) is 26.0 Å². The van der Waals surface area contributed by atoms with Crippen LogP contribution in [0.4, 0.5) is 0 Å². The fourth-order valence-electron chi connectivity index (χ4n) is 1.38. The van der Waals surface area contributed by atoms with Crippen molar-refractivity contribution >= 4 is 5.97 Å². The lowest BCUT2D eigenvalue weighted by Gasteiger charge is -2.07. The monoisotopic (exact) mass is 222 g/mol. The second-order valence-electron chi connectivity index (χ2n) is 4.19. The van der Waals surface area contributed by atoms with E-state index in [-0.39, 0.29) is 11.3 Å². The highest BCUT2D eigenvalue weighted by molar-refractivity contribution is 5.92. The predicted octanol–water partition coefficient (Wildman–Crippen LogP) is 2.99. The number of hydrogen-bond acceptors (Lipinski definition) is 3. The van der Waals surface area contributed by atoms with Gasteiger partial charge in [0.05, 0.1) is 6.61 Å². The second kappa shape index (κ2) is 6.16. The van der Waals surface area contributed by atoms with Gasteiger partial charge in [0, 0.05) is 0 Å². The van der Waals surface area contributed by atoms with Crippen molar-refractivity contribution in [2.45, 2.75) is 26.7 Å². The molecule has 0 atom stereocenters. The number of esters is 1. The Bertz CT molecular complexity index is 345.